The van der Waals surface area contributed by atoms with Gasteiger partial charge in [0.1, 0.15) is 5.82 Å². The molecule has 3 aromatic rings. The van der Waals surface area contributed by atoms with E-state index in [4.69, 9.17) is 5.26 Å². The van der Waals surface area contributed by atoms with E-state index in [9.17, 15) is 4.39 Å². The third-order valence-electron chi connectivity index (χ3n) is 4.93. The molecule has 2 N–H and O–H groups in total. The number of rotatable bonds is 4. The van der Waals surface area contributed by atoms with Crippen molar-refractivity contribution in [3.63, 3.8) is 0 Å². The molecule has 0 saturated carbocycles. The van der Waals surface area contributed by atoms with E-state index in [-0.39, 0.29) is 5.82 Å². The number of fused-ring (bicyclic) bond motifs is 1. The fourth-order valence-corrected chi connectivity index (χ4v) is 3.31. The summed E-state index contributed by atoms with van der Waals surface area (Å²) < 4.78 is 14.6. The maximum Gasteiger partial charge on any atom is 0.201 e. The fourth-order valence-electron chi connectivity index (χ4n) is 3.31. The second-order valence-electron chi connectivity index (χ2n) is 6.86. The number of nitrogens with one attached hydrogen (secondary N) is 2. The molecule has 0 spiro atoms. The van der Waals surface area contributed by atoms with Gasteiger partial charge in [-0.2, -0.15) is 5.26 Å². The van der Waals surface area contributed by atoms with Gasteiger partial charge in [-0.3, -0.25) is 0 Å². The molecule has 0 radical (unpaired) electrons. The molecule has 1 fully saturated rings. The molecule has 6 nitrogen and oxygen atoms in total. The highest BCUT2D eigenvalue weighted by Gasteiger charge is 2.17. The zero-order valence-corrected chi connectivity index (χ0v) is 15.2. The Morgan fingerprint density at radius 1 is 1.19 bits per heavy atom. The number of hydrogen-bond acceptors (Lipinski definition) is 5. The summed E-state index contributed by atoms with van der Waals surface area (Å²) in [5.74, 6) is 0.408. The van der Waals surface area contributed by atoms with Crippen molar-refractivity contribution in [2.45, 2.75) is 6.54 Å². The lowest BCUT2D eigenvalue weighted by Crippen LogP contribution is -2.44. The van der Waals surface area contributed by atoms with Crippen molar-refractivity contribution in [2.24, 2.45) is 0 Å². The first-order valence-electron chi connectivity index (χ1n) is 8.98. The monoisotopic (exact) mass is 364 g/mol. The zero-order valence-electron chi connectivity index (χ0n) is 15.2. The van der Waals surface area contributed by atoms with Gasteiger partial charge in [-0.1, -0.05) is 6.07 Å². The number of anilines is 2. The number of aromatic nitrogens is 2. The maximum absolute atomic E-state index is 14.6. The molecule has 4 rings (SSSR count). The number of piperazine rings is 1. The molecule has 1 aliphatic heterocycles. The number of imidazole rings is 1. The van der Waals surface area contributed by atoms with Gasteiger partial charge in [0.2, 0.25) is 5.95 Å². The molecule has 2 aromatic carbocycles. The summed E-state index contributed by atoms with van der Waals surface area (Å²) in [6.45, 7) is 4.04. The SMILES string of the molecule is CN1CCN(c2ccc(CNc3nc4ccc(C#N)cc4[nH]3)cc2F)CC1. The standard InChI is InChI=1S/C20H21FN6/c1-26-6-8-27(9-7-26)19-5-3-15(10-16(19)21)13-23-20-24-17-4-2-14(12-22)11-18(17)25-20/h2-5,10-11H,6-9,13H2,1H3,(H2,23,24,25). The summed E-state index contributed by atoms with van der Waals surface area (Å²) >= 11 is 0. The van der Waals surface area contributed by atoms with Crippen LogP contribution in [0.4, 0.5) is 16.0 Å². The molecule has 0 aliphatic carbocycles. The molecule has 1 saturated heterocycles. The second kappa shape index (κ2) is 7.25. The zero-order chi connectivity index (χ0) is 18.8. The topological polar surface area (TPSA) is 71.0 Å². The van der Waals surface area contributed by atoms with Crippen molar-refractivity contribution in [1.29, 1.82) is 5.26 Å². The normalized spacial score (nSPS) is 15.1. The Bertz CT molecular complexity index is 997. The molecule has 7 heteroatoms. The maximum atomic E-state index is 14.6. The quantitative estimate of drug-likeness (QED) is 0.745. The van der Waals surface area contributed by atoms with E-state index < -0.39 is 0 Å². The van der Waals surface area contributed by atoms with Gasteiger partial charge in [0.05, 0.1) is 28.4 Å². The van der Waals surface area contributed by atoms with Crippen LogP contribution in [0.25, 0.3) is 11.0 Å². The van der Waals surface area contributed by atoms with Crippen LogP contribution < -0.4 is 10.2 Å². The third-order valence-corrected chi connectivity index (χ3v) is 4.93. The van der Waals surface area contributed by atoms with Crippen LogP contribution in [0.1, 0.15) is 11.1 Å². The van der Waals surface area contributed by atoms with Crippen LogP contribution in [-0.2, 0) is 6.54 Å². The van der Waals surface area contributed by atoms with Crippen LogP contribution in [-0.4, -0.2) is 48.1 Å². The minimum absolute atomic E-state index is 0.192. The number of halogens is 1. The number of nitriles is 1. The second-order valence-corrected chi connectivity index (χ2v) is 6.86. The lowest BCUT2D eigenvalue weighted by molar-refractivity contribution is 0.311. The van der Waals surface area contributed by atoms with Gasteiger partial charge >= 0.3 is 0 Å². The largest absolute Gasteiger partial charge is 0.367 e. The minimum Gasteiger partial charge on any atom is -0.367 e. The highest BCUT2D eigenvalue weighted by atomic mass is 19.1. The molecule has 0 bridgehead atoms. The van der Waals surface area contributed by atoms with Crippen LogP contribution in [0, 0.1) is 17.1 Å². The minimum atomic E-state index is -0.192. The van der Waals surface area contributed by atoms with E-state index in [0.29, 0.717) is 23.7 Å². The van der Waals surface area contributed by atoms with Crippen molar-refractivity contribution in [3.8, 4) is 6.07 Å². The van der Waals surface area contributed by atoms with Gasteiger partial charge in [0.15, 0.2) is 0 Å². The molecule has 2 heterocycles. The van der Waals surface area contributed by atoms with E-state index in [1.165, 1.54) is 0 Å². The summed E-state index contributed by atoms with van der Waals surface area (Å²) in [6.07, 6.45) is 0. The van der Waals surface area contributed by atoms with Crippen LogP contribution in [0.3, 0.4) is 0 Å². The molecule has 0 unspecified atom stereocenters. The van der Waals surface area contributed by atoms with Gasteiger partial charge in [0.25, 0.3) is 0 Å². The Morgan fingerprint density at radius 2 is 2.00 bits per heavy atom. The van der Waals surface area contributed by atoms with E-state index >= 15 is 0 Å². The van der Waals surface area contributed by atoms with Gasteiger partial charge in [-0.05, 0) is 42.9 Å². The summed E-state index contributed by atoms with van der Waals surface area (Å²) in [4.78, 5) is 11.9. The van der Waals surface area contributed by atoms with Gasteiger partial charge in [0, 0.05) is 32.7 Å². The van der Waals surface area contributed by atoms with Gasteiger partial charge in [-0.25, -0.2) is 9.37 Å². The van der Waals surface area contributed by atoms with Crippen LogP contribution >= 0.6 is 0 Å². The Morgan fingerprint density at radius 3 is 2.74 bits per heavy atom. The first-order valence-corrected chi connectivity index (χ1v) is 8.98. The molecule has 0 amide bonds. The smallest absolute Gasteiger partial charge is 0.201 e. The predicted molar refractivity (Wildman–Crippen MR) is 104 cm³/mol. The average molecular weight is 364 g/mol. The van der Waals surface area contributed by atoms with E-state index in [0.717, 1.165) is 42.8 Å². The lowest BCUT2D eigenvalue weighted by Gasteiger charge is -2.34. The molecular formula is C20H21FN6. The van der Waals surface area contributed by atoms with Crippen molar-refractivity contribution < 1.29 is 4.39 Å². The number of benzene rings is 2. The third kappa shape index (κ3) is 3.71. The fraction of sp³-hybridized carbons (Fsp3) is 0.300. The predicted octanol–water partition coefficient (Wildman–Crippen LogP) is 2.94. The number of likely N-dealkylation sites (N-methyl/N-ethyl adjacent to an activating group) is 1. The van der Waals surface area contributed by atoms with Crippen molar-refractivity contribution >= 4 is 22.7 Å². The molecular weight excluding hydrogens is 343 g/mol. The van der Waals surface area contributed by atoms with Crippen LogP contribution in [0.15, 0.2) is 36.4 Å². The first-order chi connectivity index (χ1) is 13.1. The highest BCUT2D eigenvalue weighted by Crippen LogP contribution is 2.22. The van der Waals surface area contributed by atoms with Crippen LogP contribution in [0.5, 0.6) is 0 Å². The van der Waals surface area contributed by atoms with E-state index in [1.807, 2.05) is 12.1 Å². The Balaban J connectivity index is 1.44. The van der Waals surface area contributed by atoms with Crippen molar-refractivity contribution in [1.82, 2.24) is 14.9 Å². The summed E-state index contributed by atoms with van der Waals surface area (Å²) in [6, 6.07) is 12.8. The van der Waals surface area contributed by atoms with Crippen LogP contribution in [0.2, 0.25) is 0 Å². The Kier molecular flexibility index (Phi) is 4.65. The van der Waals surface area contributed by atoms with Gasteiger partial charge < -0.3 is 20.1 Å². The molecule has 0 atom stereocenters. The first kappa shape index (κ1) is 17.3. The summed E-state index contributed by atoms with van der Waals surface area (Å²) in [5, 5.41) is 12.2. The van der Waals surface area contributed by atoms with Crippen molar-refractivity contribution in [2.75, 3.05) is 43.4 Å². The Hall–Kier alpha value is -3.11. The Labute approximate surface area is 157 Å². The van der Waals surface area contributed by atoms with Gasteiger partial charge in [-0.15, -0.1) is 0 Å². The lowest BCUT2D eigenvalue weighted by atomic mass is 10.1. The molecule has 1 aliphatic rings. The number of H-pyrrole nitrogens is 1. The molecule has 27 heavy (non-hydrogen) atoms. The average Bonchev–Trinajstić information content (AvgIpc) is 3.09. The number of nitrogens with zero attached hydrogens (tertiary/aromatic N) is 4. The number of hydrogen-bond donors (Lipinski definition) is 2. The van der Waals surface area contributed by atoms with Crippen molar-refractivity contribution in [3.05, 3.63) is 53.3 Å². The molecule has 1 aromatic heterocycles. The van der Waals surface area contributed by atoms with E-state index in [1.54, 1.807) is 24.3 Å². The number of aromatic amines is 1. The molecule has 138 valence electrons. The summed E-state index contributed by atoms with van der Waals surface area (Å²) in [5.41, 5.74) is 3.68. The summed E-state index contributed by atoms with van der Waals surface area (Å²) in [7, 11) is 2.08. The van der Waals surface area contributed by atoms with E-state index in [2.05, 4.69) is 38.2 Å². The highest BCUT2D eigenvalue weighted by molar-refractivity contribution is 5.78.